The van der Waals surface area contributed by atoms with Crippen LogP contribution < -0.4 is 15.8 Å². The van der Waals surface area contributed by atoms with Gasteiger partial charge in [0, 0.05) is 6.54 Å². The van der Waals surface area contributed by atoms with Crippen molar-refractivity contribution >= 4 is 5.91 Å². The maximum Gasteiger partial charge on any atom is 0.237 e. The van der Waals surface area contributed by atoms with Gasteiger partial charge < -0.3 is 20.9 Å². The molecule has 0 saturated carbocycles. The SMILES string of the molecule is CC(C)(NCC(O)COc1cccc(C#N)c1)C(N)=O. The molecule has 0 bridgehead atoms. The molecule has 4 N–H and O–H groups in total. The van der Waals surface area contributed by atoms with Crippen molar-refractivity contribution in [1.29, 1.82) is 5.26 Å². The van der Waals surface area contributed by atoms with Crippen LogP contribution in [0.5, 0.6) is 5.75 Å². The number of nitrogens with one attached hydrogen (secondary N) is 1. The molecule has 6 heteroatoms. The molecule has 108 valence electrons. The van der Waals surface area contributed by atoms with Crippen molar-refractivity contribution in [2.24, 2.45) is 5.73 Å². The Hall–Kier alpha value is -2.10. The van der Waals surface area contributed by atoms with Crippen molar-refractivity contribution in [1.82, 2.24) is 5.32 Å². The molecule has 0 spiro atoms. The van der Waals surface area contributed by atoms with Gasteiger partial charge in [-0.3, -0.25) is 4.79 Å². The van der Waals surface area contributed by atoms with Crippen molar-refractivity contribution in [2.45, 2.75) is 25.5 Å². The van der Waals surface area contributed by atoms with Crippen LogP contribution >= 0.6 is 0 Å². The Morgan fingerprint density at radius 2 is 2.30 bits per heavy atom. The number of nitrogens with zero attached hydrogens (tertiary/aromatic N) is 1. The van der Waals surface area contributed by atoms with Crippen molar-refractivity contribution < 1.29 is 14.6 Å². The third kappa shape index (κ3) is 4.88. The molecule has 0 fully saturated rings. The van der Waals surface area contributed by atoms with Gasteiger partial charge in [-0.1, -0.05) is 6.07 Å². The Balaban J connectivity index is 2.42. The molecule has 0 heterocycles. The first-order chi connectivity index (χ1) is 9.35. The summed E-state index contributed by atoms with van der Waals surface area (Å²) in [5, 5.41) is 21.4. The van der Waals surface area contributed by atoms with Crippen LogP contribution in [0.25, 0.3) is 0 Å². The first-order valence-corrected chi connectivity index (χ1v) is 6.21. The highest BCUT2D eigenvalue weighted by atomic mass is 16.5. The largest absolute Gasteiger partial charge is 0.491 e. The van der Waals surface area contributed by atoms with Crippen LogP contribution in [0.15, 0.2) is 24.3 Å². The minimum atomic E-state index is -0.887. The first kappa shape index (κ1) is 16.0. The minimum Gasteiger partial charge on any atom is -0.491 e. The summed E-state index contributed by atoms with van der Waals surface area (Å²) in [6.45, 7) is 3.50. The van der Waals surface area contributed by atoms with Crippen molar-refractivity contribution in [3.63, 3.8) is 0 Å². The Morgan fingerprint density at radius 1 is 1.60 bits per heavy atom. The van der Waals surface area contributed by atoms with E-state index in [-0.39, 0.29) is 13.2 Å². The highest BCUT2D eigenvalue weighted by molar-refractivity contribution is 5.83. The van der Waals surface area contributed by atoms with Crippen molar-refractivity contribution in [3.8, 4) is 11.8 Å². The number of primary amides is 1. The van der Waals surface area contributed by atoms with E-state index in [1.165, 1.54) is 0 Å². The fourth-order valence-electron chi connectivity index (χ4n) is 1.37. The third-order valence-electron chi connectivity index (χ3n) is 2.80. The summed E-state index contributed by atoms with van der Waals surface area (Å²) in [5.74, 6) is 0.0181. The second-order valence-corrected chi connectivity index (χ2v) is 4.97. The van der Waals surface area contributed by atoms with E-state index in [0.717, 1.165) is 0 Å². The summed E-state index contributed by atoms with van der Waals surface area (Å²) in [5.41, 5.74) is 4.81. The lowest BCUT2D eigenvalue weighted by atomic mass is 10.1. The molecule has 6 nitrogen and oxygen atoms in total. The number of aliphatic hydroxyl groups is 1. The molecule has 0 aliphatic heterocycles. The zero-order chi connectivity index (χ0) is 15.2. The normalized spacial score (nSPS) is 12.5. The van der Waals surface area contributed by atoms with Gasteiger partial charge in [-0.25, -0.2) is 0 Å². The molecule has 0 aliphatic carbocycles. The summed E-state index contributed by atoms with van der Waals surface area (Å²) in [6.07, 6.45) is -0.792. The lowest BCUT2D eigenvalue weighted by Gasteiger charge is -2.24. The van der Waals surface area contributed by atoms with Crippen molar-refractivity contribution in [2.75, 3.05) is 13.2 Å². The van der Waals surface area contributed by atoms with Gasteiger partial charge in [0.15, 0.2) is 0 Å². The van der Waals surface area contributed by atoms with Crippen LogP contribution in [0.4, 0.5) is 0 Å². The molecule has 0 aliphatic rings. The maximum atomic E-state index is 11.1. The van der Waals surface area contributed by atoms with E-state index in [1.54, 1.807) is 38.1 Å². The molecular formula is C14H19N3O3. The van der Waals surface area contributed by atoms with Crippen LogP contribution in [0.3, 0.4) is 0 Å². The van der Waals surface area contributed by atoms with Crippen LogP contribution in [-0.2, 0) is 4.79 Å². The Bertz CT molecular complexity index is 509. The molecular weight excluding hydrogens is 258 g/mol. The van der Waals surface area contributed by atoms with Crippen LogP contribution in [-0.4, -0.2) is 35.8 Å². The topological polar surface area (TPSA) is 108 Å². The molecule has 1 amide bonds. The summed E-state index contributed by atoms with van der Waals surface area (Å²) in [7, 11) is 0. The summed E-state index contributed by atoms with van der Waals surface area (Å²) in [4.78, 5) is 11.1. The second-order valence-electron chi connectivity index (χ2n) is 4.97. The first-order valence-electron chi connectivity index (χ1n) is 6.21. The van der Waals surface area contributed by atoms with Gasteiger partial charge in [-0.05, 0) is 32.0 Å². The number of hydrogen-bond donors (Lipinski definition) is 3. The quantitative estimate of drug-likeness (QED) is 0.657. The monoisotopic (exact) mass is 277 g/mol. The Labute approximate surface area is 118 Å². The fourth-order valence-corrected chi connectivity index (χ4v) is 1.37. The van der Waals surface area contributed by atoms with E-state index in [4.69, 9.17) is 15.7 Å². The second kappa shape index (κ2) is 6.89. The molecule has 1 rings (SSSR count). The molecule has 1 aromatic rings. The third-order valence-corrected chi connectivity index (χ3v) is 2.80. The number of benzene rings is 1. The molecule has 0 aromatic heterocycles. The van der Waals surface area contributed by atoms with Gasteiger partial charge >= 0.3 is 0 Å². The zero-order valence-corrected chi connectivity index (χ0v) is 11.6. The number of rotatable bonds is 7. The number of aliphatic hydroxyl groups excluding tert-OH is 1. The lowest BCUT2D eigenvalue weighted by molar-refractivity contribution is -0.123. The van der Waals surface area contributed by atoms with Crippen LogP contribution in [0, 0.1) is 11.3 Å². The number of nitrogens with two attached hydrogens (primary N) is 1. The van der Waals surface area contributed by atoms with E-state index in [9.17, 15) is 9.90 Å². The van der Waals surface area contributed by atoms with E-state index in [0.29, 0.717) is 11.3 Å². The Morgan fingerprint density at radius 3 is 2.90 bits per heavy atom. The predicted octanol–water partition coefficient (Wildman–Crippen LogP) is 0.151. The van der Waals surface area contributed by atoms with Crippen LogP contribution in [0.1, 0.15) is 19.4 Å². The maximum absolute atomic E-state index is 11.1. The standard InChI is InChI=1S/C14H19N3O3/c1-14(2,13(16)19)17-8-11(18)9-20-12-5-3-4-10(6-12)7-15/h3-6,11,17-18H,8-9H2,1-2H3,(H2,16,19). The van der Waals surface area contributed by atoms with Crippen molar-refractivity contribution in [3.05, 3.63) is 29.8 Å². The number of carbonyl (C=O) groups is 1. The van der Waals surface area contributed by atoms with Crippen LogP contribution in [0.2, 0.25) is 0 Å². The average molecular weight is 277 g/mol. The minimum absolute atomic E-state index is 0.0523. The number of hydrogen-bond acceptors (Lipinski definition) is 5. The molecule has 0 radical (unpaired) electrons. The molecule has 20 heavy (non-hydrogen) atoms. The Kier molecular flexibility index (Phi) is 5.50. The van der Waals surface area contributed by atoms with Gasteiger partial charge in [0.25, 0.3) is 0 Å². The van der Waals surface area contributed by atoms with Gasteiger partial charge in [0.05, 0.1) is 17.2 Å². The number of nitriles is 1. The molecule has 1 aromatic carbocycles. The van der Waals surface area contributed by atoms with E-state index in [2.05, 4.69) is 5.32 Å². The predicted molar refractivity (Wildman–Crippen MR) is 73.9 cm³/mol. The van der Waals surface area contributed by atoms with Gasteiger partial charge in [-0.2, -0.15) is 5.26 Å². The summed E-state index contributed by atoms with van der Waals surface area (Å²) < 4.78 is 5.38. The number of β-amino-alcohol motifs (C(OH)–C–C–N with tert-alkyl or cyclic N) is 1. The lowest BCUT2D eigenvalue weighted by Crippen LogP contribution is -2.53. The van der Waals surface area contributed by atoms with E-state index < -0.39 is 17.6 Å². The number of ether oxygens (including phenoxy) is 1. The molecule has 1 unspecified atom stereocenters. The van der Waals surface area contributed by atoms with E-state index >= 15 is 0 Å². The number of carbonyl (C=O) groups excluding carboxylic acids is 1. The fraction of sp³-hybridized carbons (Fsp3) is 0.429. The average Bonchev–Trinajstić information content (AvgIpc) is 2.43. The van der Waals surface area contributed by atoms with Gasteiger partial charge in [0.1, 0.15) is 18.5 Å². The number of amides is 1. The van der Waals surface area contributed by atoms with E-state index in [1.807, 2.05) is 6.07 Å². The highest BCUT2D eigenvalue weighted by Gasteiger charge is 2.24. The highest BCUT2D eigenvalue weighted by Crippen LogP contribution is 2.12. The smallest absolute Gasteiger partial charge is 0.237 e. The molecule has 0 saturated heterocycles. The van der Waals surface area contributed by atoms with Gasteiger partial charge in [-0.15, -0.1) is 0 Å². The zero-order valence-electron chi connectivity index (χ0n) is 11.6. The molecule has 1 atom stereocenters. The van der Waals surface area contributed by atoms with Gasteiger partial charge in [0.2, 0.25) is 5.91 Å². The summed E-state index contributed by atoms with van der Waals surface area (Å²) in [6, 6.07) is 8.67. The summed E-state index contributed by atoms with van der Waals surface area (Å²) >= 11 is 0.